The number of carbonyl (C=O) groups excluding carboxylic acids is 1. The summed E-state index contributed by atoms with van der Waals surface area (Å²) in [5, 5.41) is -0.455. The van der Waals surface area contributed by atoms with Crippen LogP contribution in [0, 0.1) is 0 Å². The minimum absolute atomic E-state index is 0.00903. The zero-order valence-corrected chi connectivity index (χ0v) is 12.3. The molecule has 0 spiro atoms. The highest BCUT2D eigenvalue weighted by molar-refractivity contribution is 6.62. The van der Waals surface area contributed by atoms with Crippen molar-refractivity contribution in [3.63, 3.8) is 0 Å². The lowest BCUT2D eigenvalue weighted by molar-refractivity contribution is 0.230. The van der Waals surface area contributed by atoms with Crippen LogP contribution in [0.2, 0.25) is 0 Å². The maximum absolute atomic E-state index is 11.0. The molecule has 0 atom stereocenters. The van der Waals surface area contributed by atoms with Crippen LogP contribution in [0.3, 0.4) is 0 Å². The minimum atomic E-state index is -0.455. The minimum Gasteiger partial charge on any atom is -0.496 e. The van der Waals surface area contributed by atoms with Crippen molar-refractivity contribution in [1.29, 1.82) is 0 Å². The Kier molecular flexibility index (Phi) is 4.63. The molecule has 0 unspecified atom stereocenters. The number of hydrogen-bond acceptors (Lipinski definition) is 2. The van der Waals surface area contributed by atoms with E-state index in [1.807, 2.05) is 12.1 Å². The van der Waals surface area contributed by atoms with E-state index in [1.54, 1.807) is 14.2 Å². The third-order valence-electron chi connectivity index (χ3n) is 2.79. The van der Waals surface area contributed by atoms with Gasteiger partial charge in [0.15, 0.2) is 0 Å². The van der Waals surface area contributed by atoms with Crippen molar-refractivity contribution in [2.24, 2.45) is 0 Å². The summed E-state index contributed by atoms with van der Waals surface area (Å²) >= 11 is 5.43. The van der Waals surface area contributed by atoms with Gasteiger partial charge in [-0.15, -0.1) is 0 Å². The average molecular weight is 270 g/mol. The van der Waals surface area contributed by atoms with Crippen molar-refractivity contribution in [3.8, 4) is 5.75 Å². The fraction of sp³-hybridized carbons (Fsp3) is 0.500. The van der Waals surface area contributed by atoms with Crippen molar-refractivity contribution in [3.05, 3.63) is 29.3 Å². The van der Waals surface area contributed by atoms with Crippen molar-refractivity contribution < 1.29 is 9.53 Å². The van der Waals surface area contributed by atoms with Crippen molar-refractivity contribution >= 4 is 17.0 Å². The average Bonchev–Trinajstić information content (AvgIpc) is 2.27. The highest BCUT2D eigenvalue weighted by Gasteiger charge is 2.19. The third kappa shape index (κ3) is 3.64. The van der Waals surface area contributed by atoms with Gasteiger partial charge in [0, 0.05) is 13.6 Å². The van der Waals surface area contributed by atoms with Crippen LogP contribution >= 0.6 is 11.6 Å². The van der Waals surface area contributed by atoms with Crippen LogP contribution < -0.4 is 4.74 Å². The predicted octanol–water partition coefficient (Wildman–Crippen LogP) is 3.78. The number of amides is 1. The quantitative estimate of drug-likeness (QED) is 0.617. The lowest BCUT2D eigenvalue weighted by Gasteiger charge is -2.23. The number of methoxy groups -OCH3 is 1. The summed E-state index contributed by atoms with van der Waals surface area (Å²) in [6, 6.07) is 5.95. The summed E-state index contributed by atoms with van der Waals surface area (Å²) in [6.45, 7) is 6.89. The van der Waals surface area contributed by atoms with Gasteiger partial charge in [0.25, 0.3) is 0 Å². The van der Waals surface area contributed by atoms with Crippen LogP contribution in [0.4, 0.5) is 4.79 Å². The molecule has 0 N–H and O–H groups in total. The summed E-state index contributed by atoms with van der Waals surface area (Å²) in [5.74, 6) is 0.867. The summed E-state index contributed by atoms with van der Waals surface area (Å²) in [5.41, 5.74) is 2.15. The van der Waals surface area contributed by atoms with Gasteiger partial charge in [-0.1, -0.05) is 26.8 Å². The molecule has 0 saturated carbocycles. The highest BCUT2D eigenvalue weighted by atomic mass is 35.5. The Morgan fingerprint density at radius 1 is 1.39 bits per heavy atom. The fourth-order valence-corrected chi connectivity index (χ4v) is 1.84. The second-order valence-electron chi connectivity index (χ2n) is 5.39. The molecule has 0 aliphatic rings. The van der Waals surface area contributed by atoms with Crippen molar-refractivity contribution in [2.75, 3.05) is 14.2 Å². The van der Waals surface area contributed by atoms with E-state index < -0.39 is 5.37 Å². The van der Waals surface area contributed by atoms with Gasteiger partial charge in [0.2, 0.25) is 0 Å². The molecule has 0 saturated heterocycles. The van der Waals surface area contributed by atoms with Gasteiger partial charge in [0.1, 0.15) is 5.75 Å². The Morgan fingerprint density at radius 2 is 2.00 bits per heavy atom. The van der Waals surface area contributed by atoms with E-state index in [2.05, 4.69) is 26.8 Å². The molecule has 18 heavy (non-hydrogen) atoms. The summed E-state index contributed by atoms with van der Waals surface area (Å²) in [6.07, 6.45) is 0. The Hall–Kier alpha value is -1.22. The number of ether oxygens (including phenoxy) is 1. The van der Waals surface area contributed by atoms with E-state index >= 15 is 0 Å². The zero-order valence-electron chi connectivity index (χ0n) is 11.6. The second-order valence-corrected chi connectivity index (χ2v) is 5.72. The molecule has 0 bridgehead atoms. The molecule has 1 rings (SSSR count). The van der Waals surface area contributed by atoms with Crippen molar-refractivity contribution in [1.82, 2.24) is 4.90 Å². The number of halogens is 1. The molecule has 0 aromatic heterocycles. The number of nitrogens with zero attached hydrogens (tertiary/aromatic N) is 1. The summed E-state index contributed by atoms with van der Waals surface area (Å²) < 4.78 is 5.37. The third-order valence-corrected chi connectivity index (χ3v) is 3.08. The highest BCUT2D eigenvalue weighted by Crippen LogP contribution is 2.32. The Labute approximate surface area is 114 Å². The lowest BCUT2D eigenvalue weighted by Crippen LogP contribution is -2.21. The molecule has 1 aromatic carbocycles. The van der Waals surface area contributed by atoms with Crippen molar-refractivity contribution in [2.45, 2.75) is 32.7 Å². The van der Waals surface area contributed by atoms with Gasteiger partial charge in [-0.2, -0.15) is 0 Å². The summed E-state index contributed by atoms with van der Waals surface area (Å²) in [7, 11) is 3.34. The Balaban J connectivity index is 3.07. The topological polar surface area (TPSA) is 29.5 Å². The van der Waals surface area contributed by atoms with Gasteiger partial charge >= 0.3 is 5.37 Å². The zero-order chi connectivity index (χ0) is 13.9. The molecular weight excluding hydrogens is 250 g/mol. The molecule has 0 heterocycles. The number of benzene rings is 1. The molecule has 0 radical (unpaired) electrons. The van der Waals surface area contributed by atoms with Crippen LogP contribution in [0.15, 0.2) is 18.2 Å². The first-order chi connectivity index (χ1) is 8.25. The van der Waals surface area contributed by atoms with Crippen LogP contribution in [-0.4, -0.2) is 24.4 Å². The molecule has 0 fully saturated rings. The SMILES string of the molecule is COc1ccc(CN(C)C(=O)Cl)cc1C(C)(C)C. The molecule has 0 aliphatic carbocycles. The standard InChI is InChI=1S/C14H20ClNO2/c1-14(2,3)11-8-10(6-7-12(11)18-5)9-16(4)13(15)17/h6-8H,9H2,1-5H3. The Bertz CT molecular complexity index is 438. The first-order valence-corrected chi connectivity index (χ1v) is 6.21. The number of rotatable bonds is 3. The largest absolute Gasteiger partial charge is 0.496 e. The predicted molar refractivity (Wildman–Crippen MR) is 74.4 cm³/mol. The molecule has 1 aromatic rings. The van der Waals surface area contributed by atoms with Gasteiger partial charge < -0.3 is 9.64 Å². The maximum Gasteiger partial charge on any atom is 0.316 e. The monoisotopic (exact) mass is 269 g/mol. The van der Waals surface area contributed by atoms with E-state index in [1.165, 1.54) is 4.90 Å². The van der Waals surface area contributed by atoms with Gasteiger partial charge in [-0.25, -0.2) is 0 Å². The van der Waals surface area contributed by atoms with E-state index in [0.29, 0.717) is 6.54 Å². The fourth-order valence-electron chi connectivity index (χ4n) is 1.78. The van der Waals surface area contributed by atoms with Crippen LogP contribution in [0.25, 0.3) is 0 Å². The molecule has 0 aliphatic heterocycles. The van der Waals surface area contributed by atoms with Gasteiger partial charge in [0.05, 0.1) is 7.11 Å². The Morgan fingerprint density at radius 3 is 2.44 bits per heavy atom. The number of carbonyl (C=O) groups is 1. The van der Waals surface area contributed by atoms with Crippen LogP contribution in [0.1, 0.15) is 31.9 Å². The molecule has 1 amide bonds. The smallest absolute Gasteiger partial charge is 0.316 e. The van der Waals surface area contributed by atoms with Gasteiger partial charge in [-0.05, 0) is 40.3 Å². The van der Waals surface area contributed by atoms with E-state index in [0.717, 1.165) is 16.9 Å². The van der Waals surface area contributed by atoms with E-state index in [9.17, 15) is 4.79 Å². The number of hydrogen-bond donors (Lipinski definition) is 0. The first kappa shape index (κ1) is 14.8. The normalized spacial score (nSPS) is 11.2. The van der Waals surface area contributed by atoms with E-state index in [4.69, 9.17) is 16.3 Å². The maximum atomic E-state index is 11.0. The molecule has 100 valence electrons. The summed E-state index contributed by atoms with van der Waals surface area (Å²) in [4.78, 5) is 12.5. The molecule has 3 nitrogen and oxygen atoms in total. The van der Waals surface area contributed by atoms with Crippen LogP contribution in [-0.2, 0) is 12.0 Å². The molecule has 4 heteroatoms. The van der Waals surface area contributed by atoms with Crippen LogP contribution in [0.5, 0.6) is 5.75 Å². The van der Waals surface area contributed by atoms with E-state index in [-0.39, 0.29) is 5.41 Å². The first-order valence-electron chi connectivity index (χ1n) is 5.83. The lowest BCUT2D eigenvalue weighted by atomic mass is 9.85. The second kappa shape index (κ2) is 5.61. The van der Waals surface area contributed by atoms with Gasteiger partial charge in [-0.3, -0.25) is 4.79 Å². The molecular formula is C14H20ClNO2.